The lowest BCUT2D eigenvalue weighted by Gasteiger charge is -2.08. The maximum Gasteiger partial charge on any atom is 0.221 e. The Labute approximate surface area is 81.0 Å². The Balaban J connectivity index is 2.46. The monoisotopic (exact) mass is 194 g/mol. The normalized spacial score (nSPS) is 22.2. The average Bonchev–Trinajstić information content (AvgIpc) is 2.29. The maximum absolute atomic E-state index is 11.3. The second-order valence-electron chi connectivity index (χ2n) is 3.02. The molecule has 1 unspecified atom stereocenters. The minimum absolute atomic E-state index is 0.134. The standard InChI is InChI=1S/C10H10O2S/c11-9-8-4-2-1-3-7(8)5-6-13-10(9)12/h1-4,9,11H,5-6H2. The fourth-order valence-electron chi connectivity index (χ4n) is 1.50. The lowest BCUT2D eigenvalue weighted by atomic mass is 10.0. The van der Waals surface area contributed by atoms with Gasteiger partial charge in [-0.25, -0.2) is 0 Å². The average molecular weight is 194 g/mol. The third-order valence-corrected chi connectivity index (χ3v) is 3.10. The number of benzene rings is 1. The molecule has 2 rings (SSSR count). The van der Waals surface area contributed by atoms with Gasteiger partial charge in [0.2, 0.25) is 5.12 Å². The number of hydrogen-bond acceptors (Lipinski definition) is 3. The molecule has 68 valence electrons. The summed E-state index contributed by atoms with van der Waals surface area (Å²) in [6.07, 6.45) is -0.0624. The molecule has 1 aromatic rings. The van der Waals surface area contributed by atoms with Crippen LogP contribution in [0.15, 0.2) is 24.3 Å². The second kappa shape index (κ2) is 3.52. The van der Waals surface area contributed by atoms with Crippen molar-refractivity contribution < 1.29 is 9.90 Å². The van der Waals surface area contributed by atoms with Gasteiger partial charge in [0.1, 0.15) is 6.10 Å². The molecule has 0 aliphatic carbocycles. The first-order valence-electron chi connectivity index (χ1n) is 4.21. The van der Waals surface area contributed by atoms with Crippen LogP contribution < -0.4 is 0 Å². The molecule has 0 bridgehead atoms. The van der Waals surface area contributed by atoms with Gasteiger partial charge in [-0.05, 0) is 17.5 Å². The number of aryl methyl sites for hydroxylation is 1. The lowest BCUT2D eigenvalue weighted by Crippen LogP contribution is -2.07. The van der Waals surface area contributed by atoms with E-state index in [1.54, 1.807) is 0 Å². The van der Waals surface area contributed by atoms with Gasteiger partial charge in [-0.3, -0.25) is 4.79 Å². The van der Waals surface area contributed by atoms with E-state index >= 15 is 0 Å². The van der Waals surface area contributed by atoms with Crippen molar-refractivity contribution >= 4 is 16.9 Å². The zero-order valence-electron chi connectivity index (χ0n) is 7.06. The summed E-state index contributed by atoms with van der Waals surface area (Å²) in [5, 5.41) is 9.51. The number of fused-ring (bicyclic) bond motifs is 1. The van der Waals surface area contributed by atoms with Gasteiger partial charge in [-0.2, -0.15) is 0 Å². The summed E-state index contributed by atoms with van der Waals surface area (Å²) in [6, 6.07) is 7.58. The van der Waals surface area contributed by atoms with Gasteiger partial charge < -0.3 is 5.11 Å². The predicted octanol–water partition coefficient (Wildman–Crippen LogP) is 1.54. The second-order valence-corrected chi connectivity index (χ2v) is 4.12. The first-order chi connectivity index (χ1) is 6.29. The Morgan fingerprint density at radius 3 is 3.00 bits per heavy atom. The Bertz CT molecular complexity index is 335. The van der Waals surface area contributed by atoms with Crippen LogP contribution in [0.5, 0.6) is 0 Å². The van der Waals surface area contributed by atoms with Crippen molar-refractivity contribution in [1.82, 2.24) is 0 Å². The zero-order valence-corrected chi connectivity index (χ0v) is 7.88. The topological polar surface area (TPSA) is 37.3 Å². The van der Waals surface area contributed by atoms with E-state index in [0.29, 0.717) is 0 Å². The number of carbonyl (C=O) groups is 1. The zero-order chi connectivity index (χ0) is 9.26. The van der Waals surface area contributed by atoms with Gasteiger partial charge in [-0.1, -0.05) is 36.0 Å². The number of thioether (sulfide) groups is 1. The van der Waals surface area contributed by atoms with E-state index < -0.39 is 6.10 Å². The fourth-order valence-corrected chi connectivity index (χ4v) is 2.30. The molecule has 1 heterocycles. The minimum atomic E-state index is -0.927. The van der Waals surface area contributed by atoms with Crippen LogP contribution in [0, 0.1) is 0 Å². The molecule has 0 saturated heterocycles. The molecule has 1 aliphatic rings. The van der Waals surface area contributed by atoms with Crippen molar-refractivity contribution in [1.29, 1.82) is 0 Å². The van der Waals surface area contributed by atoms with E-state index in [0.717, 1.165) is 23.3 Å². The maximum atomic E-state index is 11.3. The highest BCUT2D eigenvalue weighted by Crippen LogP contribution is 2.28. The summed E-state index contributed by atoms with van der Waals surface area (Å²) in [5.74, 6) is 0.771. The number of aliphatic hydroxyl groups is 1. The Morgan fingerprint density at radius 1 is 1.38 bits per heavy atom. The molecule has 0 fully saturated rings. The molecule has 13 heavy (non-hydrogen) atoms. The highest BCUT2D eigenvalue weighted by atomic mass is 32.2. The summed E-state index contributed by atoms with van der Waals surface area (Å²) in [6.45, 7) is 0. The van der Waals surface area contributed by atoms with Gasteiger partial charge in [0.25, 0.3) is 0 Å². The summed E-state index contributed by atoms with van der Waals surface area (Å²) >= 11 is 1.21. The summed E-state index contributed by atoms with van der Waals surface area (Å²) in [5.41, 5.74) is 1.87. The van der Waals surface area contributed by atoms with Crippen LogP contribution in [0.3, 0.4) is 0 Å². The highest BCUT2D eigenvalue weighted by molar-refractivity contribution is 8.13. The van der Waals surface area contributed by atoms with Crippen molar-refractivity contribution in [3.8, 4) is 0 Å². The number of carbonyl (C=O) groups excluding carboxylic acids is 1. The van der Waals surface area contributed by atoms with Crippen molar-refractivity contribution in [2.24, 2.45) is 0 Å². The molecule has 1 atom stereocenters. The largest absolute Gasteiger partial charge is 0.380 e. The molecule has 2 nitrogen and oxygen atoms in total. The first kappa shape index (κ1) is 8.78. The predicted molar refractivity (Wildman–Crippen MR) is 52.6 cm³/mol. The molecular weight excluding hydrogens is 184 g/mol. The van der Waals surface area contributed by atoms with E-state index in [9.17, 15) is 9.90 Å². The van der Waals surface area contributed by atoms with Crippen LogP contribution in [0.2, 0.25) is 0 Å². The molecule has 0 aromatic heterocycles. The van der Waals surface area contributed by atoms with E-state index in [1.165, 1.54) is 11.8 Å². The van der Waals surface area contributed by atoms with Gasteiger partial charge in [0.15, 0.2) is 0 Å². The summed E-state index contributed by atoms with van der Waals surface area (Å²) in [4.78, 5) is 11.3. The molecule has 3 heteroatoms. The van der Waals surface area contributed by atoms with E-state index in [1.807, 2.05) is 24.3 Å². The molecule has 1 N–H and O–H groups in total. The van der Waals surface area contributed by atoms with Gasteiger partial charge in [-0.15, -0.1) is 0 Å². The van der Waals surface area contributed by atoms with Crippen LogP contribution in [0.4, 0.5) is 0 Å². The molecular formula is C10H10O2S. The fraction of sp³-hybridized carbons (Fsp3) is 0.300. The SMILES string of the molecule is O=C1SCCc2ccccc2C1O. The third kappa shape index (κ3) is 1.62. The molecule has 0 spiro atoms. The molecule has 0 saturated carbocycles. The summed E-state index contributed by atoms with van der Waals surface area (Å²) in [7, 11) is 0. The molecule has 1 aromatic carbocycles. The smallest absolute Gasteiger partial charge is 0.221 e. The van der Waals surface area contributed by atoms with Crippen LogP contribution in [0.1, 0.15) is 17.2 Å². The Morgan fingerprint density at radius 2 is 2.15 bits per heavy atom. The van der Waals surface area contributed by atoms with Crippen LogP contribution in [-0.2, 0) is 11.2 Å². The minimum Gasteiger partial charge on any atom is -0.380 e. The lowest BCUT2D eigenvalue weighted by molar-refractivity contribution is -0.118. The van der Waals surface area contributed by atoms with Gasteiger partial charge >= 0.3 is 0 Å². The number of rotatable bonds is 0. The first-order valence-corrected chi connectivity index (χ1v) is 5.20. The van der Waals surface area contributed by atoms with Crippen molar-refractivity contribution in [3.05, 3.63) is 35.4 Å². The van der Waals surface area contributed by atoms with Crippen LogP contribution in [0.25, 0.3) is 0 Å². The molecule has 0 amide bonds. The molecule has 0 radical (unpaired) electrons. The number of aliphatic hydroxyl groups excluding tert-OH is 1. The van der Waals surface area contributed by atoms with Crippen molar-refractivity contribution in [3.63, 3.8) is 0 Å². The van der Waals surface area contributed by atoms with Crippen LogP contribution in [-0.4, -0.2) is 16.0 Å². The highest BCUT2D eigenvalue weighted by Gasteiger charge is 2.23. The van der Waals surface area contributed by atoms with Crippen molar-refractivity contribution in [2.45, 2.75) is 12.5 Å². The summed E-state index contributed by atoms with van der Waals surface area (Å²) < 4.78 is 0. The Hall–Kier alpha value is -0.800. The Kier molecular flexibility index (Phi) is 2.38. The van der Waals surface area contributed by atoms with E-state index in [-0.39, 0.29) is 5.12 Å². The van der Waals surface area contributed by atoms with E-state index in [2.05, 4.69) is 0 Å². The third-order valence-electron chi connectivity index (χ3n) is 2.19. The quantitative estimate of drug-likeness (QED) is 0.680. The van der Waals surface area contributed by atoms with Crippen molar-refractivity contribution in [2.75, 3.05) is 5.75 Å². The molecule has 1 aliphatic heterocycles. The van der Waals surface area contributed by atoms with Crippen LogP contribution >= 0.6 is 11.8 Å². The van der Waals surface area contributed by atoms with E-state index in [4.69, 9.17) is 0 Å². The van der Waals surface area contributed by atoms with Gasteiger partial charge in [0.05, 0.1) is 0 Å². The number of hydrogen-bond donors (Lipinski definition) is 1. The van der Waals surface area contributed by atoms with Gasteiger partial charge in [0, 0.05) is 5.75 Å².